The van der Waals surface area contributed by atoms with Gasteiger partial charge in [-0.1, -0.05) is 19.9 Å². The second-order valence-electron chi connectivity index (χ2n) is 4.88. The van der Waals surface area contributed by atoms with E-state index in [4.69, 9.17) is 21.1 Å². The van der Waals surface area contributed by atoms with E-state index < -0.39 is 29.0 Å². The van der Waals surface area contributed by atoms with Crippen LogP contribution in [0.25, 0.3) is 0 Å². The van der Waals surface area contributed by atoms with E-state index in [9.17, 15) is 14.4 Å². The van der Waals surface area contributed by atoms with Crippen molar-refractivity contribution in [2.45, 2.75) is 26.2 Å². The minimum absolute atomic E-state index is 0.0306. The molecule has 6 heteroatoms. The molecule has 3 unspecified atom stereocenters. The Hall–Kier alpha value is -1.36. The maximum Gasteiger partial charge on any atom is 0.330 e. The lowest BCUT2D eigenvalue weighted by molar-refractivity contribution is -0.159. The zero-order chi connectivity index (χ0) is 15.1. The van der Waals surface area contributed by atoms with Crippen LogP contribution in [0, 0.1) is 17.8 Å². The molecule has 0 aromatic carbocycles. The molecule has 0 N–H and O–H groups in total. The average molecular weight is 303 g/mol. The molecule has 0 aromatic heterocycles. The van der Waals surface area contributed by atoms with Crippen molar-refractivity contribution in [3.63, 3.8) is 0 Å². The van der Waals surface area contributed by atoms with Gasteiger partial charge in [0.15, 0.2) is 0 Å². The lowest BCUT2D eigenvalue weighted by Crippen LogP contribution is -2.37. The first kappa shape index (κ1) is 16.7. The summed E-state index contributed by atoms with van der Waals surface area (Å²) in [7, 11) is 0. The zero-order valence-corrected chi connectivity index (χ0v) is 12.2. The van der Waals surface area contributed by atoms with E-state index in [-0.39, 0.29) is 19.1 Å². The summed E-state index contributed by atoms with van der Waals surface area (Å²) in [6, 6.07) is 0. The third kappa shape index (κ3) is 4.63. The molecule has 1 saturated carbocycles. The molecule has 1 rings (SSSR count). The fourth-order valence-corrected chi connectivity index (χ4v) is 2.75. The van der Waals surface area contributed by atoms with Gasteiger partial charge < -0.3 is 9.47 Å². The highest BCUT2D eigenvalue weighted by atomic mass is 35.5. The Morgan fingerprint density at radius 3 is 2.50 bits per heavy atom. The molecule has 0 spiro atoms. The Kier molecular flexibility index (Phi) is 6.71. The number of carbonyl (C=O) groups is 3. The molecule has 1 aliphatic carbocycles. The van der Waals surface area contributed by atoms with Gasteiger partial charge in [-0.25, -0.2) is 4.79 Å². The summed E-state index contributed by atoms with van der Waals surface area (Å²) in [6.07, 6.45) is 3.39. The largest absolute Gasteiger partial charge is 0.462 e. The van der Waals surface area contributed by atoms with Crippen LogP contribution in [0.15, 0.2) is 12.7 Å². The number of hydrogen-bond acceptors (Lipinski definition) is 5. The van der Waals surface area contributed by atoms with E-state index in [2.05, 4.69) is 6.58 Å². The van der Waals surface area contributed by atoms with Gasteiger partial charge >= 0.3 is 11.9 Å². The molecular weight excluding hydrogens is 284 g/mol. The second kappa shape index (κ2) is 8.04. The highest BCUT2D eigenvalue weighted by Gasteiger charge is 2.40. The molecule has 1 fully saturated rings. The number of halogens is 1. The fraction of sp³-hybridized carbons (Fsp3) is 0.643. The number of carbonyl (C=O) groups excluding carboxylic acids is 3. The SMILES string of the molecule is C=CC(=O)OCCOC(=O)C1C(C)CCCC1C(=O)Cl. The quantitative estimate of drug-likeness (QED) is 0.325. The molecule has 5 nitrogen and oxygen atoms in total. The third-order valence-electron chi connectivity index (χ3n) is 3.52. The Bertz CT molecular complexity index is 393. The van der Waals surface area contributed by atoms with Crippen LogP contribution in [-0.2, 0) is 23.9 Å². The molecule has 3 atom stereocenters. The Balaban J connectivity index is 2.48. The van der Waals surface area contributed by atoms with Crippen LogP contribution in [0.3, 0.4) is 0 Å². The Labute approximate surface area is 123 Å². The van der Waals surface area contributed by atoms with Crippen LogP contribution in [0.4, 0.5) is 0 Å². The standard InChI is InChI=1S/C14H19ClO5/c1-3-11(16)19-7-8-20-14(18)12-9(2)5-4-6-10(12)13(15)17/h3,9-10,12H,1,4-8H2,2H3. The summed E-state index contributed by atoms with van der Waals surface area (Å²) in [5.74, 6) is -1.96. The molecular formula is C14H19ClO5. The third-order valence-corrected chi connectivity index (χ3v) is 3.80. The summed E-state index contributed by atoms with van der Waals surface area (Å²) < 4.78 is 9.77. The van der Waals surface area contributed by atoms with Crippen LogP contribution in [-0.4, -0.2) is 30.4 Å². The van der Waals surface area contributed by atoms with Gasteiger partial charge in [0.05, 0.1) is 5.92 Å². The summed E-state index contributed by atoms with van der Waals surface area (Å²) in [4.78, 5) is 34.2. The van der Waals surface area contributed by atoms with Crippen molar-refractivity contribution in [2.75, 3.05) is 13.2 Å². The minimum Gasteiger partial charge on any atom is -0.462 e. The van der Waals surface area contributed by atoms with Crippen molar-refractivity contribution in [3.8, 4) is 0 Å². The van der Waals surface area contributed by atoms with Gasteiger partial charge in [0.1, 0.15) is 13.2 Å². The minimum atomic E-state index is -0.569. The molecule has 20 heavy (non-hydrogen) atoms. The molecule has 112 valence electrons. The summed E-state index contributed by atoms with van der Waals surface area (Å²) in [6.45, 7) is 5.10. The van der Waals surface area contributed by atoms with Gasteiger partial charge in [-0.05, 0) is 30.4 Å². The molecule has 0 saturated heterocycles. The average Bonchev–Trinajstić information content (AvgIpc) is 2.42. The summed E-state index contributed by atoms with van der Waals surface area (Å²) in [5, 5.41) is -0.489. The van der Waals surface area contributed by atoms with Crippen LogP contribution >= 0.6 is 11.6 Å². The van der Waals surface area contributed by atoms with Crippen molar-refractivity contribution in [1.29, 1.82) is 0 Å². The number of rotatable bonds is 6. The fourth-order valence-electron chi connectivity index (χ4n) is 2.51. The van der Waals surface area contributed by atoms with Crippen molar-refractivity contribution in [3.05, 3.63) is 12.7 Å². The monoisotopic (exact) mass is 302 g/mol. The maximum atomic E-state index is 12.0. The first-order valence-electron chi connectivity index (χ1n) is 6.62. The number of esters is 2. The van der Waals surface area contributed by atoms with Crippen molar-refractivity contribution >= 4 is 28.8 Å². The number of ether oxygens (including phenoxy) is 2. The molecule has 1 aliphatic rings. The molecule has 0 bridgehead atoms. The lowest BCUT2D eigenvalue weighted by atomic mass is 9.73. The predicted octanol–water partition coefficient (Wildman–Crippen LogP) is 2.08. The highest BCUT2D eigenvalue weighted by molar-refractivity contribution is 6.64. The van der Waals surface area contributed by atoms with Gasteiger partial charge in [-0.3, -0.25) is 9.59 Å². The number of hydrogen-bond donors (Lipinski definition) is 0. The van der Waals surface area contributed by atoms with E-state index >= 15 is 0 Å². The van der Waals surface area contributed by atoms with Gasteiger partial charge in [0.25, 0.3) is 0 Å². The first-order chi connectivity index (χ1) is 9.47. The van der Waals surface area contributed by atoms with Gasteiger partial charge in [0, 0.05) is 12.0 Å². The Morgan fingerprint density at radius 1 is 1.25 bits per heavy atom. The van der Waals surface area contributed by atoms with Gasteiger partial charge in [-0.15, -0.1) is 0 Å². The first-order valence-corrected chi connectivity index (χ1v) is 7.00. The Morgan fingerprint density at radius 2 is 1.90 bits per heavy atom. The van der Waals surface area contributed by atoms with Crippen LogP contribution in [0.1, 0.15) is 26.2 Å². The normalized spacial score (nSPS) is 25.6. The summed E-state index contributed by atoms with van der Waals surface area (Å²) >= 11 is 5.56. The van der Waals surface area contributed by atoms with E-state index in [0.29, 0.717) is 6.42 Å². The molecule has 0 amide bonds. The maximum absolute atomic E-state index is 12.0. The van der Waals surface area contributed by atoms with Gasteiger partial charge in [0.2, 0.25) is 5.24 Å². The van der Waals surface area contributed by atoms with Crippen LogP contribution < -0.4 is 0 Å². The van der Waals surface area contributed by atoms with Crippen molar-refractivity contribution < 1.29 is 23.9 Å². The molecule has 0 radical (unpaired) electrons. The molecule has 0 aliphatic heterocycles. The van der Waals surface area contributed by atoms with Gasteiger partial charge in [-0.2, -0.15) is 0 Å². The van der Waals surface area contributed by atoms with E-state index in [1.165, 1.54) is 0 Å². The van der Waals surface area contributed by atoms with Crippen molar-refractivity contribution in [1.82, 2.24) is 0 Å². The smallest absolute Gasteiger partial charge is 0.330 e. The topological polar surface area (TPSA) is 69.7 Å². The zero-order valence-electron chi connectivity index (χ0n) is 11.5. The van der Waals surface area contributed by atoms with E-state index in [1.807, 2.05) is 6.92 Å². The van der Waals surface area contributed by atoms with E-state index in [0.717, 1.165) is 18.9 Å². The predicted molar refractivity (Wildman–Crippen MR) is 73.0 cm³/mol. The lowest BCUT2D eigenvalue weighted by Gasteiger charge is -2.32. The molecule has 0 heterocycles. The molecule has 0 aromatic rings. The summed E-state index contributed by atoms with van der Waals surface area (Å²) in [5.41, 5.74) is 0. The van der Waals surface area contributed by atoms with Crippen molar-refractivity contribution in [2.24, 2.45) is 17.8 Å². The highest BCUT2D eigenvalue weighted by Crippen LogP contribution is 2.36. The second-order valence-corrected chi connectivity index (χ2v) is 5.26. The van der Waals surface area contributed by atoms with Crippen LogP contribution in [0.2, 0.25) is 0 Å². The van der Waals surface area contributed by atoms with E-state index in [1.54, 1.807) is 0 Å². The van der Waals surface area contributed by atoms with Crippen LogP contribution in [0.5, 0.6) is 0 Å².